The second-order valence-corrected chi connectivity index (χ2v) is 8.31. The summed E-state index contributed by atoms with van der Waals surface area (Å²) < 4.78 is 53.2. The maximum Gasteiger partial charge on any atom is 0.417 e. The van der Waals surface area contributed by atoms with Crippen LogP contribution in [0.5, 0.6) is 5.75 Å². The van der Waals surface area contributed by atoms with Crippen LogP contribution in [0.15, 0.2) is 89.7 Å². The highest BCUT2D eigenvalue weighted by molar-refractivity contribution is 5.89. The largest absolute Gasteiger partial charge is 0.489 e. The fraction of sp³-hybridized carbons (Fsp3) is 0.138. The van der Waals surface area contributed by atoms with Crippen molar-refractivity contribution >= 4 is 5.97 Å². The van der Waals surface area contributed by atoms with Crippen LogP contribution in [0.25, 0.3) is 11.3 Å². The van der Waals surface area contributed by atoms with Crippen LogP contribution in [0, 0.1) is 11.3 Å². The van der Waals surface area contributed by atoms with Crippen molar-refractivity contribution in [2.24, 2.45) is 0 Å². The number of esters is 1. The second kappa shape index (κ2) is 11.0. The molecule has 1 aromatic heterocycles. The number of benzene rings is 3. The van der Waals surface area contributed by atoms with E-state index in [0.29, 0.717) is 28.0 Å². The lowest BCUT2D eigenvalue weighted by Gasteiger charge is -2.18. The molecule has 9 heteroatoms. The summed E-state index contributed by atoms with van der Waals surface area (Å²) in [5, 5.41) is 9.39. The van der Waals surface area contributed by atoms with E-state index in [0.717, 1.165) is 10.6 Å². The number of pyridine rings is 1. The molecule has 0 spiro atoms. The van der Waals surface area contributed by atoms with Gasteiger partial charge >= 0.3 is 12.1 Å². The van der Waals surface area contributed by atoms with E-state index in [9.17, 15) is 28.0 Å². The molecule has 0 fully saturated rings. The third-order valence-electron chi connectivity index (χ3n) is 5.78. The third kappa shape index (κ3) is 5.76. The van der Waals surface area contributed by atoms with Gasteiger partial charge in [-0.25, -0.2) is 4.79 Å². The van der Waals surface area contributed by atoms with Gasteiger partial charge < -0.3 is 14.0 Å². The van der Waals surface area contributed by atoms with Crippen molar-refractivity contribution in [3.05, 3.63) is 123 Å². The van der Waals surface area contributed by atoms with E-state index in [1.807, 2.05) is 0 Å². The number of nitrogens with zero attached hydrogens (tertiary/aromatic N) is 2. The number of nitriles is 1. The van der Waals surface area contributed by atoms with E-state index in [4.69, 9.17) is 9.47 Å². The van der Waals surface area contributed by atoms with Crippen molar-refractivity contribution in [3.63, 3.8) is 0 Å². The number of carbonyl (C=O) groups excluding carboxylic acids is 1. The molecule has 0 aliphatic heterocycles. The van der Waals surface area contributed by atoms with E-state index in [-0.39, 0.29) is 18.8 Å². The molecule has 0 atom stereocenters. The van der Waals surface area contributed by atoms with Gasteiger partial charge in [0.05, 0.1) is 30.5 Å². The predicted octanol–water partition coefficient (Wildman–Crippen LogP) is 5.82. The summed E-state index contributed by atoms with van der Waals surface area (Å²) in [5.41, 5.74) is -1.30. The standard InChI is InChI=1S/C29H21F3N2O4/c1-37-28(36)22-11-5-9-20(13-22)18-38-23-12-6-10-21(14-23)26-15-25(29(30,31)32)24(16-33)27(35)34(26)17-19-7-3-2-4-8-19/h2-15H,17-18H2,1H3. The Kier molecular flexibility index (Phi) is 7.63. The summed E-state index contributed by atoms with van der Waals surface area (Å²) in [6, 6.07) is 24.0. The van der Waals surface area contributed by atoms with Gasteiger partial charge in [0, 0.05) is 5.56 Å². The minimum atomic E-state index is -4.90. The molecule has 0 bridgehead atoms. The van der Waals surface area contributed by atoms with Gasteiger partial charge in [0.15, 0.2) is 0 Å². The number of methoxy groups -OCH3 is 1. The summed E-state index contributed by atoms with van der Waals surface area (Å²) in [4.78, 5) is 24.9. The van der Waals surface area contributed by atoms with Gasteiger partial charge in [0.25, 0.3) is 5.56 Å². The number of hydrogen-bond donors (Lipinski definition) is 0. The van der Waals surface area contributed by atoms with Crippen molar-refractivity contribution in [3.8, 4) is 23.1 Å². The van der Waals surface area contributed by atoms with Crippen molar-refractivity contribution < 1.29 is 27.4 Å². The van der Waals surface area contributed by atoms with Gasteiger partial charge in [0.1, 0.15) is 24.0 Å². The molecule has 0 aliphatic rings. The summed E-state index contributed by atoms with van der Waals surface area (Å²) in [7, 11) is 1.28. The first-order chi connectivity index (χ1) is 18.2. The van der Waals surface area contributed by atoms with Crippen LogP contribution in [0.4, 0.5) is 13.2 Å². The normalized spacial score (nSPS) is 11.0. The number of rotatable bonds is 7. The Morgan fingerprint density at radius 3 is 2.34 bits per heavy atom. The van der Waals surface area contributed by atoms with Crippen LogP contribution in [0.1, 0.15) is 32.6 Å². The maximum atomic E-state index is 13.8. The van der Waals surface area contributed by atoms with Crippen molar-refractivity contribution in [1.82, 2.24) is 4.57 Å². The number of carbonyl (C=O) groups is 1. The molecule has 0 radical (unpaired) electrons. The third-order valence-corrected chi connectivity index (χ3v) is 5.78. The van der Waals surface area contributed by atoms with E-state index < -0.39 is 28.8 Å². The number of halogens is 3. The van der Waals surface area contributed by atoms with E-state index in [1.54, 1.807) is 72.8 Å². The first-order valence-electron chi connectivity index (χ1n) is 11.4. The molecule has 1 heterocycles. The Balaban J connectivity index is 1.75. The molecule has 6 nitrogen and oxygen atoms in total. The Hall–Kier alpha value is -4.84. The lowest BCUT2D eigenvalue weighted by atomic mass is 10.0. The highest BCUT2D eigenvalue weighted by Crippen LogP contribution is 2.34. The number of aromatic nitrogens is 1. The first-order valence-corrected chi connectivity index (χ1v) is 11.4. The smallest absolute Gasteiger partial charge is 0.417 e. The maximum absolute atomic E-state index is 13.8. The molecule has 3 aromatic carbocycles. The van der Waals surface area contributed by atoms with Crippen LogP contribution < -0.4 is 10.3 Å². The van der Waals surface area contributed by atoms with Gasteiger partial charge in [-0.3, -0.25) is 4.79 Å². The predicted molar refractivity (Wildman–Crippen MR) is 134 cm³/mol. The van der Waals surface area contributed by atoms with E-state index in [1.165, 1.54) is 19.2 Å². The Labute approximate surface area is 216 Å². The molecule has 0 unspecified atom stereocenters. The van der Waals surface area contributed by atoms with Gasteiger partial charge in [-0.05, 0) is 41.5 Å². The summed E-state index contributed by atoms with van der Waals surface area (Å²) in [6.07, 6.45) is -4.90. The zero-order valence-corrected chi connectivity index (χ0v) is 20.2. The second-order valence-electron chi connectivity index (χ2n) is 8.31. The molecular formula is C29H21F3N2O4. The number of ether oxygens (including phenoxy) is 2. The Morgan fingerprint density at radius 2 is 1.66 bits per heavy atom. The minimum Gasteiger partial charge on any atom is -0.489 e. The molecule has 4 aromatic rings. The Morgan fingerprint density at radius 1 is 0.947 bits per heavy atom. The van der Waals surface area contributed by atoms with Crippen LogP contribution in [-0.4, -0.2) is 17.6 Å². The summed E-state index contributed by atoms with van der Waals surface area (Å²) in [5.74, 6) is -0.158. The Bertz CT molecular complexity index is 1570. The van der Waals surface area contributed by atoms with Gasteiger partial charge in [-0.15, -0.1) is 0 Å². The van der Waals surface area contributed by atoms with Crippen LogP contribution in [0.3, 0.4) is 0 Å². The molecule has 0 aliphatic carbocycles. The summed E-state index contributed by atoms with van der Waals surface area (Å²) in [6.45, 7) is 0.0412. The first kappa shape index (κ1) is 26.2. The zero-order chi connectivity index (χ0) is 27.3. The fourth-order valence-corrected chi connectivity index (χ4v) is 3.96. The van der Waals surface area contributed by atoms with Crippen molar-refractivity contribution in [2.45, 2.75) is 19.3 Å². The number of hydrogen-bond acceptors (Lipinski definition) is 5. The molecule has 38 heavy (non-hydrogen) atoms. The van der Waals surface area contributed by atoms with Gasteiger partial charge in [-0.1, -0.05) is 54.6 Å². The van der Waals surface area contributed by atoms with Gasteiger partial charge in [-0.2, -0.15) is 18.4 Å². The lowest BCUT2D eigenvalue weighted by molar-refractivity contribution is -0.137. The monoisotopic (exact) mass is 518 g/mol. The molecule has 0 N–H and O–H groups in total. The zero-order valence-electron chi connectivity index (χ0n) is 20.2. The van der Waals surface area contributed by atoms with Crippen molar-refractivity contribution in [1.29, 1.82) is 5.26 Å². The fourth-order valence-electron chi connectivity index (χ4n) is 3.96. The average Bonchev–Trinajstić information content (AvgIpc) is 2.92. The molecular weight excluding hydrogens is 497 g/mol. The number of alkyl halides is 3. The van der Waals surface area contributed by atoms with Crippen molar-refractivity contribution in [2.75, 3.05) is 7.11 Å². The van der Waals surface area contributed by atoms with E-state index >= 15 is 0 Å². The minimum absolute atomic E-state index is 0.0108. The van der Waals surface area contributed by atoms with E-state index in [2.05, 4.69) is 0 Å². The lowest BCUT2D eigenvalue weighted by Crippen LogP contribution is -2.28. The quantitative estimate of drug-likeness (QED) is 0.288. The summed E-state index contributed by atoms with van der Waals surface area (Å²) >= 11 is 0. The highest BCUT2D eigenvalue weighted by atomic mass is 19.4. The average molecular weight is 518 g/mol. The molecule has 4 rings (SSSR count). The molecule has 192 valence electrons. The molecule has 0 saturated heterocycles. The SMILES string of the molecule is COC(=O)c1cccc(COc2cccc(-c3cc(C(F)(F)F)c(C#N)c(=O)n3Cc3ccccc3)c2)c1. The molecule has 0 amide bonds. The van der Waals surface area contributed by atoms with Crippen LogP contribution >= 0.6 is 0 Å². The topological polar surface area (TPSA) is 81.3 Å². The van der Waals surface area contributed by atoms with Crippen LogP contribution in [-0.2, 0) is 24.1 Å². The highest BCUT2D eigenvalue weighted by Gasteiger charge is 2.36. The molecule has 0 saturated carbocycles. The van der Waals surface area contributed by atoms with Crippen LogP contribution in [0.2, 0.25) is 0 Å². The van der Waals surface area contributed by atoms with Gasteiger partial charge in [0.2, 0.25) is 0 Å².